The van der Waals surface area contributed by atoms with Crippen LogP contribution in [0, 0.1) is 50.5 Å². The Balaban J connectivity index is 1.27. The Labute approximate surface area is 222 Å². The summed E-state index contributed by atoms with van der Waals surface area (Å²) >= 11 is 0. The molecule has 2 unspecified atom stereocenters. The molecule has 1 aromatic rings. The van der Waals surface area contributed by atoms with Gasteiger partial charge in [-0.25, -0.2) is 0 Å². The maximum absolute atomic E-state index is 13.5. The van der Waals surface area contributed by atoms with Crippen molar-refractivity contribution in [1.29, 1.82) is 0 Å². The lowest BCUT2D eigenvalue weighted by Crippen LogP contribution is -2.57. The number of fused-ring (bicyclic) bond motifs is 5. The van der Waals surface area contributed by atoms with Crippen LogP contribution in [0.5, 0.6) is 0 Å². The summed E-state index contributed by atoms with van der Waals surface area (Å²) in [7, 11) is 0.174. The van der Waals surface area contributed by atoms with Gasteiger partial charge in [-0.2, -0.15) is 0 Å². The number of Topliss-reactive ketones (excluding diaryl/α,β-unsaturated/α-hetero) is 1. The molecule has 4 aliphatic rings. The molecule has 0 amide bonds. The summed E-state index contributed by atoms with van der Waals surface area (Å²) in [5.41, 5.74) is -0.546. The minimum atomic E-state index is -1.50. The summed E-state index contributed by atoms with van der Waals surface area (Å²) in [5, 5.41) is 22.0. The van der Waals surface area contributed by atoms with E-state index in [9.17, 15) is 24.2 Å². The topological polar surface area (TPSA) is 107 Å². The lowest BCUT2D eigenvalue weighted by Gasteiger charge is -2.62. The zero-order valence-corrected chi connectivity index (χ0v) is 23.1. The minimum absolute atomic E-state index is 0.0171. The first kappa shape index (κ1) is 26.9. The first-order valence-electron chi connectivity index (χ1n) is 13.9. The maximum atomic E-state index is 13.5. The van der Waals surface area contributed by atoms with Crippen LogP contribution < -0.4 is 0 Å². The van der Waals surface area contributed by atoms with Gasteiger partial charge in [0.1, 0.15) is 5.78 Å². The molecule has 4 saturated carbocycles. The second-order valence-electron chi connectivity index (χ2n) is 12.9. The van der Waals surface area contributed by atoms with E-state index in [-0.39, 0.29) is 34.0 Å². The highest BCUT2D eigenvalue weighted by molar-refractivity contribution is 7.85. The third-order valence-electron chi connectivity index (χ3n) is 11.2. The zero-order chi connectivity index (χ0) is 26.6. The number of methoxy groups -OCH3 is 1. The van der Waals surface area contributed by atoms with Crippen molar-refractivity contribution >= 4 is 22.3 Å². The summed E-state index contributed by atoms with van der Waals surface area (Å²) in [6.07, 6.45) is 9.07. The number of rotatable bonds is 7. The van der Waals surface area contributed by atoms with Gasteiger partial charge in [-0.3, -0.25) is 19.1 Å². The molecule has 0 aliphatic heterocycles. The van der Waals surface area contributed by atoms with Crippen molar-refractivity contribution in [3.05, 3.63) is 34.4 Å². The average molecular weight is 532 g/mol. The molecule has 204 valence electrons. The highest BCUT2D eigenvalue weighted by Gasteiger charge is 2.62. The Morgan fingerprint density at radius 2 is 1.76 bits per heavy atom. The van der Waals surface area contributed by atoms with E-state index in [1.165, 1.54) is 30.7 Å². The van der Waals surface area contributed by atoms with Crippen molar-refractivity contribution in [2.24, 2.45) is 40.4 Å². The van der Waals surface area contributed by atoms with Crippen molar-refractivity contribution in [3.63, 3.8) is 0 Å². The van der Waals surface area contributed by atoms with Gasteiger partial charge < -0.3 is 9.84 Å². The standard InChI is InChI=1S/C29H41NO6S/c1-27-14-15-29(32,18-36-3)16-19(27)4-9-22-23-10-11-25(28(23,2)13-12-24(22)27)26(31)17-37(35)21-7-5-20(6-8-21)30(33)34/h5-8,19,22-25,32H,4,9-18H2,1-3H3/t19?,22-,23-,24-,25+,27-,28-,29?,37+/m0/s1. The van der Waals surface area contributed by atoms with Crippen LogP contribution in [0.4, 0.5) is 5.69 Å². The number of ketones is 1. The van der Waals surface area contributed by atoms with Crippen molar-refractivity contribution in [3.8, 4) is 0 Å². The van der Waals surface area contributed by atoms with Crippen LogP contribution in [0.3, 0.4) is 0 Å². The van der Waals surface area contributed by atoms with E-state index < -0.39 is 21.3 Å². The van der Waals surface area contributed by atoms with Crippen LogP contribution in [0.2, 0.25) is 0 Å². The molecule has 8 heteroatoms. The monoisotopic (exact) mass is 531 g/mol. The molecule has 4 aliphatic carbocycles. The van der Waals surface area contributed by atoms with Gasteiger partial charge in [0.15, 0.2) is 0 Å². The molecule has 0 aromatic heterocycles. The second-order valence-corrected chi connectivity index (χ2v) is 14.4. The van der Waals surface area contributed by atoms with Gasteiger partial charge in [0.2, 0.25) is 0 Å². The van der Waals surface area contributed by atoms with Crippen LogP contribution in [-0.2, 0) is 20.3 Å². The van der Waals surface area contributed by atoms with Crippen LogP contribution in [0.1, 0.15) is 71.6 Å². The Hall–Kier alpha value is -1.64. The summed E-state index contributed by atoms with van der Waals surface area (Å²) in [6, 6.07) is 5.71. The lowest BCUT2D eigenvalue weighted by molar-refractivity contribution is -0.384. The fraction of sp³-hybridized carbons (Fsp3) is 0.759. The Morgan fingerprint density at radius 3 is 2.43 bits per heavy atom. The zero-order valence-electron chi connectivity index (χ0n) is 22.3. The molecule has 0 bridgehead atoms. The highest BCUT2D eigenvalue weighted by Crippen LogP contribution is 2.68. The predicted octanol–water partition coefficient (Wildman–Crippen LogP) is 5.31. The Bertz CT molecular complexity index is 1080. The number of benzene rings is 1. The first-order chi connectivity index (χ1) is 17.5. The van der Waals surface area contributed by atoms with Gasteiger partial charge in [0.05, 0.1) is 33.7 Å². The largest absolute Gasteiger partial charge is 0.387 e. The van der Waals surface area contributed by atoms with Crippen LogP contribution in [0.15, 0.2) is 29.2 Å². The summed E-state index contributed by atoms with van der Waals surface area (Å²) in [5.74, 6) is 2.30. The third kappa shape index (κ3) is 4.61. The molecule has 9 atom stereocenters. The number of hydrogen-bond donors (Lipinski definition) is 1. The van der Waals surface area contributed by atoms with Gasteiger partial charge in [-0.15, -0.1) is 0 Å². The van der Waals surface area contributed by atoms with E-state index >= 15 is 0 Å². The van der Waals surface area contributed by atoms with Crippen molar-refractivity contribution < 1.29 is 23.8 Å². The summed E-state index contributed by atoms with van der Waals surface area (Å²) in [4.78, 5) is 24.4. The number of nitrogens with zero attached hydrogens (tertiary/aromatic N) is 1. The van der Waals surface area contributed by atoms with Gasteiger partial charge in [-0.1, -0.05) is 13.8 Å². The van der Waals surface area contributed by atoms with Gasteiger partial charge in [0, 0.05) is 30.1 Å². The first-order valence-corrected chi connectivity index (χ1v) is 15.2. The number of hydrogen-bond acceptors (Lipinski definition) is 6. The number of nitro groups is 1. The van der Waals surface area contributed by atoms with Gasteiger partial charge >= 0.3 is 0 Å². The molecular weight excluding hydrogens is 490 g/mol. The number of ether oxygens (including phenoxy) is 1. The van der Waals surface area contributed by atoms with Crippen LogP contribution in [-0.4, -0.2) is 45.1 Å². The molecule has 4 fully saturated rings. The number of nitro benzene ring substituents is 1. The highest BCUT2D eigenvalue weighted by atomic mass is 32.2. The number of carbonyl (C=O) groups is 1. The fourth-order valence-corrected chi connectivity index (χ4v) is 10.3. The maximum Gasteiger partial charge on any atom is 0.269 e. The van der Waals surface area contributed by atoms with E-state index in [4.69, 9.17) is 4.74 Å². The molecular formula is C29H41NO6S. The van der Waals surface area contributed by atoms with Crippen molar-refractivity contribution in [2.45, 2.75) is 82.1 Å². The van der Waals surface area contributed by atoms with Gasteiger partial charge in [-0.05, 0) is 104 Å². The quantitative estimate of drug-likeness (QED) is 0.378. The number of aliphatic hydroxyl groups is 1. The molecule has 7 nitrogen and oxygen atoms in total. The Kier molecular flexibility index (Phi) is 7.16. The van der Waals surface area contributed by atoms with E-state index in [0.29, 0.717) is 35.2 Å². The Morgan fingerprint density at radius 1 is 1.05 bits per heavy atom. The molecule has 0 heterocycles. The second kappa shape index (κ2) is 9.83. The van der Waals surface area contributed by atoms with E-state index in [1.54, 1.807) is 7.11 Å². The van der Waals surface area contributed by atoms with E-state index in [2.05, 4.69) is 13.8 Å². The molecule has 0 saturated heterocycles. The molecule has 1 N–H and O–H groups in total. The smallest absolute Gasteiger partial charge is 0.269 e. The van der Waals surface area contributed by atoms with Gasteiger partial charge in [0.25, 0.3) is 5.69 Å². The fourth-order valence-electron chi connectivity index (χ4n) is 9.28. The normalized spacial score (nSPS) is 41.8. The van der Waals surface area contributed by atoms with Crippen LogP contribution in [0.25, 0.3) is 0 Å². The van der Waals surface area contributed by atoms with E-state index in [0.717, 1.165) is 51.4 Å². The summed E-state index contributed by atoms with van der Waals surface area (Å²) < 4.78 is 18.3. The molecule has 0 radical (unpaired) electrons. The molecule has 0 spiro atoms. The van der Waals surface area contributed by atoms with Crippen molar-refractivity contribution in [1.82, 2.24) is 0 Å². The number of carbonyl (C=O) groups excluding carboxylic acids is 1. The third-order valence-corrected chi connectivity index (χ3v) is 12.6. The average Bonchev–Trinajstić information content (AvgIpc) is 3.22. The van der Waals surface area contributed by atoms with E-state index in [1.807, 2.05) is 0 Å². The minimum Gasteiger partial charge on any atom is -0.387 e. The lowest BCUT2D eigenvalue weighted by atomic mass is 9.44. The van der Waals surface area contributed by atoms with Crippen molar-refractivity contribution in [2.75, 3.05) is 19.5 Å². The molecule has 1 aromatic carbocycles. The molecule has 37 heavy (non-hydrogen) atoms. The molecule has 5 rings (SSSR count). The summed E-state index contributed by atoms with van der Waals surface area (Å²) in [6.45, 7) is 5.19. The van der Waals surface area contributed by atoms with Crippen LogP contribution >= 0.6 is 0 Å². The predicted molar refractivity (Wildman–Crippen MR) is 141 cm³/mol. The SMILES string of the molecule is COCC1(O)CC[C@@]2(C)C(CC[C@H]3[C@@H]4CC[C@H](C(=O)C[S@@](=O)c5ccc([N+](=O)[O-])cc5)[C@@]4(C)CC[C@@H]32)C1. The number of non-ortho nitro benzene ring substituents is 1.